The molecule has 114 valence electrons. The summed E-state index contributed by atoms with van der Waals surface area (Å²) in [5.74, 6) is -0.0383. The number of ketones is 1. The molecule has 0 aliphatic heterocycles. The van der Waals surface area contributed by atoms with Crippen LogP contribution in [0.15, 0.2) is 43.0 Å². The van der Waals surface area contributed by atoms with Gasteiger partial charge in [-0.25, -0.2) is 4.98 Å². The van der Waals surface area contributed by atoms with Gasteiger partial charge in [0.1, 0.15) is 5.78 Å². The van der Waals surface area contributed by atoms with Crippen LogP contribution in [-0.4, -0.2) is 15.3 Å². The maximum Gasteiger partial charge on any atom is 0.416 e. The molecule has 0 saturated carbocycles. The fourth-order valence-electron chi connectivity index (χ4n) is 2.02. The van der Waals surface area contributed by atoms with Crippen molar-refractivity contribution in [2.24, 2.45) is 0 Å². The lowest BCUT2D eigenvalue weighted by Crippen LogP contribution is -2.13. The van der Waals surface area contributed by atoms with Crippen molar-refractivity contribution in [3.8, 4) is 0 Å². The second-order valence-electron chi connectivity index (χ2n) is 4.55. The van der Waals surface area contributed by atoms with Gasteiger partial charge >= 0.3 is 6.18 Å². The van der Waals surface area contributed by atoms with Crippen molar-refractivity contribution in [2.45, 2.75) is 25.6 Å². The molecule has 1 aromatic carbocycles. The summed E-state index contributed by atoms with van der Waals surface area (Å²) in [6.07, 6.45) is 0.652. The Hall–Kier alpha value is -1.82. The minimum atomic E-state index is -4.36. The van der Waals surface area contributed by atoms with Gasteiger partial charge in [-0.05, 0) is 24.6 Å². The molecule has 0 N–H and O–H groups in total. The zero-order valence-electron chi connectivity index (χ0n) is 11.2. The highest BCUT2D eigenvalue weighted by molar-refractivity contribution is 5.85. The topological polar surface area (TPSA) is 34.9 Å². The summed E-state index contributed by atoms with van der Waals surface area (Å²) in [5.41, 5.74) is -0.0559. The summed E-state index contributed by atoms with van der Waals surface area (Å²) >= 11 is 0. The van der Waals surface area contributed by atoms with Crippen LogP contribution in [0.3, 0.4) is 0 Å². The van der Waals surface area contributed by atoms with Crippen molar-refractivity contribution in [3.05, 3.63) is 54.1 Å². The standard InChI is InChI=1S/C14H13F3N2O.ClH/c1-10(20)8-13(19-7-6-18-9-19)11-2-4-12(5-3-11)14(15,16)17;/h2-7,9,13H,8H2,1H3;1H. The van der Waals surface area contributed by atoms with Gasteiger partial charge in [0.2, 0.25) is 0 Å². The van der Waals surface area contributed by atoms with Crippen molar-refractivity contribution in [2.75, 3.05) is 0 Å². The van der Waals surface area contributed by atoms with Gasteiger partial charge in [-0.3, -0.25) is 4.79 Å². The van der Waals surface area contributed by atoms with Gasteiger partial charge in [0.05, 0.1) is 17.9 Å². The van der Waals surface area contributed by atoms with E-state index >= 15 is 0 Å². The maximum absolute atomic E-state index is 12.5. The van der Waals surface area contributed by atoms with Gasteiger partial charge in [-0.2, -0.15) is 13.2 Å². The predicted octanol–water partition coefficient (Wildman–Crippen LogP) is 3.89. The van der Waals surface area contributed by atoms with Crippen LogP contribution >= 0.6 is 12.4 Å². The lowest BCUT2D eigenvalue weighted by Gasteiger charge is -2.18. The molecule has 3 nitrogen and oxygen atoms in total. The number of imidazole rings is 1. The summed E-state index contributed by atoms with van der Waals surface area (Å²) in [4.78, 5) is 15.2. The van der Waals surface area contributed by atoms with E-state index in [1.165, 1.54) is 19.1 Å². The zero-order chi connectivity index (χ0) is 14.8. The lowest BCUT2D eigenvalue weighted by molar-refractivity contribution is -0.137. The summed E-state index contributed by atoms with van der Waals surface area (Å²) < 4.78 is 39.3. The van der Waals surface area contributed by atoms with Crippen LogP contribution in [0.1, 0.15) is 30.5 Å². The molecule has 21 heavy (non-hydrogen) atoms. The van der Waals surface area contributed by atoms with Crippen LogP contribution in [0.5, 0.6) is 0 Å². The Balaban J connectivity index is 0.00000220. The van der Waals surface area contributed by atoms with Crippen molar-refractivity contribution < 1.29 is 18.0 Å². The Labute approximate surface area is 126 Å². The van der Waals surface area contributed by atoms with Crippen molar-refractivity contribution in [3.63, 3.8) is 0 Å². The number of nitrogens with zero attached hydrogens (tertiary/aromatic N) is 2. The number of hydrogen-bond donors (Lipinski definition) is 0. The minimum Gasteiger partial charge on any atom is -0.330 e. The number of aromatic nitrogens is 2. The van der Waals surface area contributed by atoms with Gasteiger partial charge in [-0.1, -0.05) is 12.1 Å². The molecule has 0 bridgehead atoms. The quantitative estimate of drug-likeness (QED) is 0.857. The Bertz CT molecular complexity index is 579. The highest BCUT2D eigenvalue weighted by Gasteiger charge is 2.30. The van der Waals surface area contributed by atoms with E-state index in [0.717, 1.165) is 12.1 Å². The number of benzene rings is 1. The normalized spacial score (nSPS) is 12.6. The van der Waals surface area contributed by atoms with E-state index in [4.69, 9.17) is 0 Å². The van der Waals surface area contributed by atoms with E-state index in [2.05, 4.69) is 4.98 Å². The molecule has 7 heteroatoms. The lowest BCUT2D eigenvalue weighted by atomic mass is 10.00. The fourth-order valence-corrected chi connectivity index (χ4v) is 2.02. The van der Waals surface area contributed by atoms with Crippen molar-refractivity contribution >= 4 is 18.2 Å². The molecule has 0 radical (unpaired) electrons. The second-order valence-corrected chi connectivity index (χ2v) is 4.55. The van der Waals surface area contributed by atoms with Crippen molar-refractivity contribution in [1.82, 2.24) is 9.55 Å². The van der Waals surface area contributed by atoms with E-state index in [0.29, 0.717) is 5.56 Å². The average molecular weight is 319 g/mol. The number of Topliss-reactive ketones (excluding diaryl/α,β-unsaturated/α-hetero) is 1. The zero-order valence-corrected chi connectivity index (χ0v) is 12.0. The van der Waals surface area contributed by atoms with Crippen LogP contribution in [0.25, 0.3) is 0 Å². The summed E-state index contributed by atoms with van der Waals surface area (Å²) in [6, 6.07) is 4.52. The van der Waals surface area contributed by atoms with Crippen LogP contribution in [0, 0.1) is 0 Å². The number of hydrogen-bond acceptors (Lipinski definition) is 2. The third-order valence-electron chi connectivity index (χ3n) is 2.99. The monoisotopic (exact) mass is 318 g/mol. The molecule has 1 heterocycles. The minimum absolute atomic E-state index is 0. The van der Waals surface area contributed by atoms with Crippen LogP contribution < -0.4 is 0 Å². The van der Waals surface area contributed by atoms with Crippen LogP contribution in [0.4, 0.5) is 13.2 Å². The largest absolute Gasteiger partial charge is 0.416 e. The number of carbonyl (C=O) groups is 1. The first-order valence-electron chi connectivity index (χ1n) is 6.02. The first kappa shape index (κ1) is 17.2. The van der Waals surface area contributed by atoms with Gasteiger partial charge in [0.15, 0.2) is 0 Å². The molecule has 0 saturated heterocycles. The van der Waals surface area contributed by atoms with E-state index in [9.17, 15) is 18.0 Å². The molecule has 1 atom stereocenters. The average Bonchev–Trinajstić information content (AvgIpc) is 2.88. The highest BCUT2D eigenvalue weighted by atomic mass is 35.5. The first-order chi connectivity index (χ1) is 9.38. The summed E-state index contributed by atoms with van der Waals surface area (Å²) in [5, 5.41) is 0. The molecule has 0 fully saturated rings. The SMILES string of the molecule is CC(=O)CC(c1ccc(C(F)(F)F)cc1)n1ccnc1.Cl. The summed E-state index contributed by atoms with van der Waals surface area (Å²) in [7, 11) is 0. The Kier molecular flexibility index (Phi) is 5.54. The molecule has 0 amide bonds. The second kappa shape index (κ2) is 6.76. The molecule has 1 unspecified atom stereocenters. The van der Waals surface area contributed by atoms with Crippen LogP contribution in [0.2, 0.25) is 0 Å². The van der Waals surface area contributed by atoms with Gasteiger partial charge < -0.3 is 4.57 Å². The van der Waals surface area contributed by atoms with Gasteiger partial charge in [-0.15, -0.1) is 12.4 Å². The molecular formula is C14H14ClF3N2O. The Morgan fingerprint density at radius 3 is 2.33 bits per heavy atom. The fraction of sp³-hybridized carbons (Fsp3) is 0.286. The molecule has 0 aliphatic rings. The molecule has 2 aromatic rings. The van der Waals surface area contributed by atoms with E-state index in [1.807, 2.05) is 0 Å². The van der Waals surface area contributed by atoms with Crippen LogP contribution in [-0.2, 0) is 11.0 Å². The maximum atomic E-state index is 12.5. The third-order valence-corrected chi connectivity index (χ3v) is 2.99. The molecule has 0 spiro atoms. The van der Waals surface area contributed by atoms with E-state index in [1.54, 1.807) is 23.3 Å². The molecule has 1 aromatic heterocycles. The van der Waals surface area contributed by atoms with Gasteiger partial charge in [0, 0.05) is 18.8 Å². The number of rotatable bonds is 4. The number of halogens is 4. The molecular weight excluding hydrogens is 305 g/mol. The van der Waals surface area contributed by atoms with E-state index < -0.39 is 11.7 Å². The molecule has 2 rings (SSSR count). The van der Waals surface area contributed by atoms with Crippen molar-refractivity contribution in [1.29, 1.82) is 0 Å². The van der Waals surface area contributed by atoms with Gasteiger partial charge in [0.25, 0.3) is 0 Å². The highest BCUT2D eigenvalue weighted by Crippen LogP contribution is 2.31. The smallest absolute Gasteiger partial charge is 0.330 e. The number of carbonyl (C=O) groups excluding carboxylic acids is 1. The number of alkyl halides is 3. The van der Waals surface area contributed by atoms with E-state index in [-0.39, 0.29) is 30.7 Å². The summed E-state index contributed by atoms with van der Waals surface area (Å²) in [6.45, 7) is 1.45. The third kappa shape index (κ3) is 4.32. The Morgan fingerprint density at radius 2 is 1.90 bits per heavy atom. The molecule has 0 aliphatic carbocycles. The Morgan fingerprint density at radius 1 is 1.29 bits per heavy atom. The first-order valence-corrected chi connectivity index (χ1v) is 6.02. The predicted molar refractivity (Wildman–Crippen MR) is 74.4 cm³/mol.